The summed E-state index contributed by atoms with van der Waals surface area (Å²) in [6.07, 6.45) is 5.31. The van der Waals surface area contributed by atoms with E-state index in [1.54, 1.807) is 24.1 Å². The van der Waals surface area contributed by atoms with Crippen LogP contribution in [0.25, 0.3) is 5.69 Å². The van der Waals surface area contributed by atoms with E-state index in [2.05, 4.69) is 15.0 Å². The highest BCUT2D eigenvalue weighted by molar-refractivity contribution is 6.08. The number of alkyl halides is 1. The Balaban J connectivity index is 1.72. The van der Waals surface area contributed by atoms with E-state index in [4.69, 9.17) is 10.5 Å². The lowest BCUT2D eigenvalue weighted by Gasteiger charge is -2.20. The third kappa shape index (κ3) is 4.95. The Bertz CT molecular complexity index is 1220. The van der Waals surface area contributed by atoms with Crippen LogP contribution in [0.5, 0.6) is 5.75 Å². The van der Waals surface area contributed by atoms with Crippen molar-refractivity contribution in [1.82, 2.24) is 9.78 Å². The van der Waals surface area contributed by atoms with Crippen molar-refractivity contribution in [3.05, 3.63) is 89.0 Å². The van der Waals surface area contributed by atoms with Crippen molar-refractivity contribution >= 4 is 17.1 Å². The fourth-order valence-electron chi connectivity index (χ4n) is 3.87. The molecule has 33 heavy (non-hydrogen) atoms. The number of benzene rings is 2. The molecule has 1 aliphatic rings. The first kappa shape index (κ1) is 22.3. The van der Waals surface area contributed by atoms with Gasteiger partial charge in [-0.1, -0.05) is 18.2 Å². The summed E-state index contributed by atoms with van der Waals surface area (Å²) in [6, 6.07) is 16.5. The Morgan fingerprint density at radius 1 is 1.27 bits per heavy atom. The number of nitrogens with zero attached hydrogens (tertiary/aromatic N) is 4. The number of hydrogen-bond donors (Lipinski definition) is 1. The van der Waals surface area contributed by atoms with Crippen LogP contribution in [0.15, 0.2) is 82.9 Å². The summed E-state index contributed by atoms with van der Waals surface area (Å²) in [4.78, 5) is 19.3. The van der Waals surface area contributed by atoms with Crippen LogP contribution in [0.2, 0.25) is 0 Å². The summed E-state index contributed by atoms with van der Waals surface area (Å²) >= 11 is 0. The number of ether oxygens (including phenoxy) is 1. The van der Waals surface area contributed by atoms with Gasteiger partial charge in [0.1, 0.15) is 11.4 Å². The van der Waals surface area contributed by atoms with E-state index in [-0.39, 0.29) is 23.7 Å². The van der Waals surface area contributed by atoms with Crippen molar-refractivity contribution in [2.45, 2.75) is 6.42 Å². The first-order valence-corrected chi connectivity index (χ1v) is 10.7. The van der Waals surface area contributed by atoms with E-state index in [9.17, 15) is 9.18 Å². The standard InChI is InChI=1S/C25H26FN5O2/c1-33-24-15-20(30-13-10-18(16-26)17-30)7-8-22(24)31-14-11-23(32)25(29-31)21(9-12-27)28-19-5-3-2-4-6-19/h2-9,11-12,14-15,18H,10,13,16-17,27H2,1H3. The second-order valence-corrected chi connectivity index (χ2v) is 7.78. The molecular formula is C25H26FN5O2. The molecule has 0 spiro atoms. The van der Waals surface area contributed by atoms with Gasteiger partial charge in [-0.05, 0) is 43.0 Å². The Morgan fingerprint density at radius 3 is 2.79 bits per heavy atom. The first-order chi connectivity index (χ1) is 16.1. The predicted molar refractivity (Wildman–Crippen MR) is 129 cm³/mol. The van der Waals surface area contributed by atoms with E-state index in [1.165, 1.54) is 12.3 Å². The number of anilines is 1. The van der Waals surface area contributed by atoms with Gasteiger partial charge in [-0.15, -0.1) is 0 Å². The van der Waals surface area contributed by atoms with E-state index >= 15 is 0 Å². The lowest BCUT2D eigenvalue weighted by molar-refractivity contribution is 0.384. The van der Waals surface area contributed by atoms with Gasteiger partial charge in [0.15, 0.2) is 5.69 Å². The zero-order valence-electron chi connectivity index (χ0n) is 18.4. The van der Waals surface area contributed by atoms with E-state index in [1.807, 2.05) is 48.5 Å². The maximum absolute atomic E-state index is 13.0. The molecule has 2 heterocycles. The molecule has 170 valence electrons. The molecule has 0 saturated carbocycles. The molecule has 1 saturated heterocycles. The third-order valence-electron chi connectivity index (χ3n) is 5.59. The van der Waals surface area contributed by atoms with Crippen LogP contribution < -0.4 is 20.8 Å². The maximum Gasteiger partial charge on any atom is 0.209 e. The average Bonchev–Trinajstić information content (AvgIpc) is 3.34. The van der Waals surface area contributed by atoms with Crippen LogP contribution in [-0.2, 0) is 0 Å². The average molecular weight is 448 g/mol. The number of methoxy groups -OCH3 is 1. The molecule has 1 atom stereocenters. The highest BCUT2D eigenvalue weighted by atomic mass is 19.1. The number of hydrogen-bond acceptors (Lipinski definition) is 6. The minimum atomic E-state index is -0.306. The van der Waals surface area contributed by atoms with E-state index in [0.29, 0.717) is 29.4 Å². The molecule has 1 unspecified atom stereocenters. The number of allylic oxidation sites excluding steroid dienone is 1. The van der Waals surface area contributed by atoms with Gasteiger partial charge in [-0.2, -0.15) is 5.10 Å². The minimum absolute atomic E-state index is 0.0665. The van der Waals surface area contributed by atoms with E-state index in [0.717, 1.165) is 18.7 Å². The molecule has 0 amide bonds. The molecule has 1 aliphatic heterocycles. The van der Waals surface area contributed by atoms with Gasteiger partial charge in [0.25, 0.3) is 0 Å². The van der Waals surface area contributed by atoms with Gasteiger partial charge in [-0.3, -0.25) is 9.18 Å². The third-order valence-corrected chi connectivity index (χ3v) is 5.59. The molecule has 0 aliphatic carbocycles. The Labute approximate surface area is 191 Å². The van der Waals surface area contributed by atoms with Crippen molar-refractivity contribution in [1.29, 1.82) is 0 Å². The lowest BCUT2D eigenvalue weighted by atomic mass is 10.1. The second-order valence-electron chi connectivity index (χ2n) is 7.78. The van der Waals surface area contributed by atoms with Crippen LogP contribution in [0, 0.1) is 5.92 Å². The van der Waals surface area contributed by atoms with Crippen molar-refractivity contribution in [3.63, 3.8) is 0 Å². The van der Waals surface area contributed by atoms with Gasteiger partial charge in [-0.25, -0.2) is 9.67 Å². The molecule has 2 aromatic carbocycles. The normalized spacial score (nSPS) is 16.5. The van der Waals surface area contributed by atoms with Crippen LogP contribution in [0.1, 0.15) is 12.1 Å². The number of rotatable bonds is 7. The minimum Gasteiger partial charge on any atom is -0.494 e. The Hall–Kier alpha value is -3.94. The molecule has 2 N–H and O–H groups in total. The van der Waals surface area contributed by atoms with Crippen molar-refractivity contribution in [2.24, 2.45) is 16.6 Å². The van der Waals surface area contributed by atoms with Gasteiger partial charge in [0.05, 0.1) is 25.2 Å². The van der Waals surface area contributed by atoms with Crippen LogP contribution in [0.3, 0.4) is 0 Å². The van der Waals surface area contributed by atoms with Crippen LogP contribution in [0.4, 0.5) is 15.8 Å². The summed E-state index contributed by atoms with van der Waals surface area (Å²) in [5.41, 5.74) is 8.17. The van der Waals surface area contributed by atoms with Gasteiger partial charge >= 0.3 is 0 Å². The Morgan fingerprint density at radius 2 is 2.09 bits per heavy atom. The second kappa shape index (κ2) is 10.1. The number of para-hydroxylation sites is 1. The summed E-state index contributed by atoms with van der Waals surface area (Å²) in [5.74, 6) is 0.658. The summed E-state index contributed by atoms with van der Waals surface area (Å²) in [5, 5.41) is 4.54. The molecule has 0 radical (unpaired) electrons. The molecule has 3 aromatic rings. The van der Waals surface area contributed by atoms with E-state index < -0.39 is 0 Å². The molecule has 4 rings (SSSR count). The smallest absolute Gasteiger partial charge is 0.209 e. The summed E-state index contributed by atoms with van der Waals surface area (Å²) in [7, 11) is 1.58. The molecule has 0 bridgehead atoms. The zero-order valence-corrected chi connectivity index (χ0v) is 18.4. The number of aliphatic imine (C=N–C) groups is 1. The number of halogens is 1. The van der Waals surface area contributed by atoms with Crippen LogP contribution in [-0.4, -0.2) is 42.4 Å². The SMILES string of the molecule is COc1cc(N2CCC(CF)C2)ccc1-n1ccc(=O)c(C(C=CN)=Nc2ccccc2)n1. The van der Waals surface area contributed by atoms with Crippen molar-refractivity contribution in [3.8, 4) is 11.4 Å². The highest BCUT2D eigenvalue weighted by Gasteiger charge is 2.23. The van der Waals surface area contributed by atoms with Crippen LogP contribution >= 0.6 is 0 Å². The molecule has 8 heteroatoms. The molecule has 1 aromatic heterocycles. The number of nitrogens with two attached hydrogens (primary N) is 1. The highest BCUT2D eigenvalue weighted by Crippen LogP contribution is 2.31. The molecule has 7 nitrogen and oxygen atoms in total. The first-order valence-electron chi connectivity index (χ1n) is 10.7. The summed E-state index contributed by atoms with van der Waals surface area (Å²) in [6.45, 7) is 1.19. The Kier molecular flexibility index (Phi) is 6.83. The lowest BCUT2D eigenvalue weighted by Crippen LogP contribution is -2.21. The monoisotopic (exact) mass is 447 g/mol. The quantitative estimate of drug-likeness (QED) is 0.559. The van der Waals surface area contributed by atoms with Crippen molar-refractivity contribution in [2.75, 3.05) is 31.8 Å². The predicted octanol–water partition coefficient (Wildman–Crippen LogP) is 3.63. The van der Waals surface area contributed by atoms with Crippen molar-refractivity contribution < 1.29 is 9.13 Å². The van der Waals surface area contributed by atoms with Gasteiger partial charge in [0.2, 0.25) is 5.43 Å². The van der Waals surface area contributed by atoms with Gasteiger partial charge < -0.3 is 15.4 Å². The molecular weight excluding hydrogens is 421 g/mol. The summed E-state index contributed by atoms with van der Waals surface area (Å²) < 4.78 is 20.2. The van der Waals surface area contributed by atoms with Gasteiger partial charge in [0, 0.05) is 43.0 Å². The number of aromatic nitrogens is 2. The fraction of sp³-hybridized carbons (Fsp3) is 0.240. The molecule has 1 fully saturated rings. The zero-order chi connectivity index (χ0) is 23.2. The maximum atomic E-state index is 13.0. The fourth-order valence-corrected chi connectivity index (χ4v) is 3.87. The topological polar surface area (TPSA) is 85.7 Å². The largest absolute Gasteiger partial charge is 0.494 e.